The Labute approximate surface area is 103 Å². The third-order valence-electron chi connectivity index (χ3n) is 2.60. The predicted octanol–water partition coefficient (Wildman–Crippen LogP) is 1.51. The molecule has 1 aromatic rings. The van der Waals surface area contributed by atoms with E-state index in [2.05, 4.69) is 40.5 Å². The minimum Gasteiger partial charge on any atom is -0.356 e. The van der Waals surface area contributed by atoms with Crippen LogP contribution >= 0.6 is 0 Å². The van der Waals surface area contributed by atoms with E-state index in [1.54, 1.807) is 0 Å². The van der Waals surface area contributed by atoms with Crippen LogP contribution in [0.2, 0.25) is 0 Å². The lowest BCUT2D eigenvalue weighted by molar-refractivity contribution is -0.120. The van der Waals surface area contributed by atoms with Gasteiger partial charge >= 0.3 is 0 Å². The first kappa shape index (κ1) is 13.8. The first-order valence-electron chi connectivity index (χ1n) is 6.39. The maximum Gasteiger partial charge on any atom is 0.221 e. The highest BCUT2D eigenvalue weighted by atomic mass is 16.1. The molecule has 0 bridgehead atoms. The topological polar surface area (TPSA) is 46.1 Å². The summed E-state index contributed by atoms with van der Waals surface area (Å²) >= 11 is 0. The Kier molecular flexibility index (Phi) is 6.40. The summed E-state index contributed by atoms with van der Waals surface area (Å²) < 4.78 is 2.25. The molecule has 17 heavy (non-hydrogen) atoms. The number of nitrogens with zero attached hydrogens (tertiary/aromatic N) is 1. The number of hydrogen-bond donors (Lipinski definition) is 2. The second-order valence-electron chi connectivity index (χ2n) is 4.07. The molecule has 0 radical (unpaired) electrons. The Bertz CT molecular complexity index is 333. The molecule has 4 heteroatoms. The number of hydrogen-bond acceptors (Lipinski definition) is 2. The van der Waals surface area contributed by atoms with Crippen molar-refractivity contribution in [3.05, 3.63) is 24.0 Å². The molecule has 96 valence electrons. The van der Waals surface area contributed by atoms with E-state index in [0.29, 0.717) is 13.0 Å². The minimum absolute atomic E-state index is 0.115. The molecular formula is C13H23N3O. The summed E-state index contributed by atoms with van der Waals surface area (Å²) in [7, 11) is 0. The molecule has 0 saturated heterocycles. The number of aromatic nitrogens is 1. The van der Waals surface area contributed by atoms with Gasteiger partial charge in [-0.3, -0.25) is 4.79 Å². The Hall–Kier alpha value is -1.29. The van der Waals surface area contributed by atoms with E-state index in [-0.39, 0.29) is 5.91 Å². The van der Waals surface area contributed by atoms with Gasteiger partial charge in [-0.1, -0.05) is 6.92 Å². The Morgan fingerprint density at radius 2 is 2.24 bits per heavy atom. The van der Waals surface area contributed by atoms with Gasteiger partial charge in [0, 0.05) is 44.5 Å². The van der Waals surface area contributed by atoms with Crippen LogP contribution in [-0.4, -0.2) is 23.6 Å². The van der Waals surface area contributed by atoms with Crippen LogP contribution in [0.1, 0.15) is 32.4 Å². The van der Waals surface area contributed by atoms with Gasteiger partial charge in [0.25, 0.3) is 0 Å². The average molecular weight is 237 g/mol. The number of aryl methyl sites for hydroxylation is 1. The van der Waals surface area contributed by atoms with Gasteiger partial charge < -0.3 is 15.2 Å². The highest BCUT2D eigenvalue weighted by Crippen LogP contribution is 2.02. The quantitative estimate of drug-likeness (QED) is 0.673. The van der Waals surface area contributed by atoms with E-state index < -0.39 is 0 Å². The van der Waals surface area contributed by atoms with E-state index in [1.165, 1.54) is 5.69 Å². The molecule has 0 aliphatic carbocycles. The van der Waals surface area contributed by atoms with Crippen molar-refractivity contribution in [3.63, 3.8) is 0 Å². The lowest BCUT2D eigenvalue weighted by atomic mass is 10.3. The van der Waals surface area contributed by atoms with Gasteiger partial charge in [0.05, 0.1) is 0 Å². The fourth-order valence-electron chi connectivity index (χ4n) is 1.77. The first-order valence-corrected chi connectivity index (χ1v) is 6.39. The summed E-state index contributed by atoms with van der Waals surface area (Å²) in [4.78, 5) is 11.2. The molecule has 0 unspecified atom stereocenters. The normalized spacial score (nSPS) is 10.5. The maximum absolute atomic E-state index is 11.2. The number of carbonyl (C=O) groups excluding carboxylic acids is 1. The molecule has 1 amide bonds. The Balaban J connectivity index is 2.21. The molecule has 1 rings (SSSR count). The zero-order valence-corrected chi connectivity index (χ0v) is 10.8. The van der Waals surface area contributed by atoms with Crippen LogP contribution in [0, 0.1) is 0 Å². The van der Waals surface area contributed by atoms with Crippen molar-refractivity contribution < 1.29 is 4.79 Å². The van der Waals surface area contributed by atoms with Crippen LogP contribution in [0.3, 0.4) is 0 Å². The molecule has 4 nitrogen and oxygen atoms in total. The molecule has 0 fully saturated rings. The van der Waals surface area contributed by atoms with Crippen molar-refractivity contribution in [2.24, 2.45) is 0 Å². The molecular weight excluding hydrogens is 214 g/mol. The molecule has 1 aromatic heterocycles. The molecule has 0 atom stereocenters. The molecule has 0 aliphatic rings. The van der Waals surface area contributed by atoms with Crippen LogP contribution < -0.4 is 10.6 Å². The summed E-state index contributed by atoms with van der Waals surface area (Å²) in [5.41, 5.74) is 1.28. The monoisotopic (exact) mass is 237 g/mol. The number of rotatable bonds is 8. The van der Waals surface area contributed by atoms with Crippen LogP contribution in [0.4, 0.5) is 0 Å². The summed E-state index contributed by atoms with van der Waals surface area (Å²) in [6.45, 7) is 7.42. The maximum atomic E-state index is 11.2. The molecule has 2 N–H and O–H groups in total. The van der Waals surface area contributed by atoms with Gasteiger partial charge in [-0.2, -0.15) is 0 Å². The van der Waals surface area contributed by atoms with Gasteiger partial charge in [-0.25, -0.2) is 0 Å². The number of amides is 1. The zero-order chi connectivity index (χ0) is 12.5. The molecule has 0 aromatic carbocycles. The molecule has 1 heterocycles. The van der Waals surface area contributed by atoms with Crippen LogP contribution in [0.5, 0.6) is 0 Å². The van der Waals surface area contributed by atoms with Crippen molar-refractivity contribution in [1.82, 2.24) is 15.2 Å². The van der Waals surface area contributed by atoms with Crippen LogP contribution in [-0.2, 0) is 17.9 Å². The van der Waals surface area contributed by atoms with Gasteiger partial charge in [-0.05, 0) is 25.5 Å². The highest BCUT2D eigenvalue weighted by Gasteiger charge is 2.01. The fourth-order valence-corrected chi connectivity index (χ4v) is 1.77. The van der Waals surface area contributed by atoms with Crippen molar-refractivity contribution >= 4 is 5.91 Å². The minimum atomic E-state index is 0.115. The van der Waals surface area contributed by atoms with Gasteiger partial charge in [0.2, 0.25) is 5.91 Å². The number of carbonyl (C=O) groups is 1. The summed E-state index contributed by atoms with van der Waals surface area (Å²) in [6.07, 6.45) is 3.78. The SMILES string of the molecule is CCCn1cccc1CNCCC(=O)NCC. The van der Waals surface area contributed by atoms with E-state index in [0.717, 1.165) is 26.1 Å². The summed E-state index contributed by atoms with van der Waals surface area (Å²) in [6, 6.07) is 4.19. The van der Waals surface area contributed by atoms with Gasteiger partial charge in [0.15, 0.2) is 0 Å². The van der Waals surface area contributed by atoms with E-state index in [9.17, 15) is 4.79 Å². The lowest BCUT2D eigenvalue weighted by Crippen LogP contribution is -2.27. The second kappa shape index (κ2) is 7.90. The van der Waals surface area contributed by atoms with Crippen LogP contribution in [0.25, 0.3) is 0 Å². The lowest BCUT2D eigenvalue weighted by Gasteiger charge is -2.09. The standard InChI is InChI=1S/C13H23N3O/c1-3-9-16-10-5-6-12(16)11-14-8-7-13(17)15-4-2/h5-6,10,14H,3-4,7-9,11H2,1-2H3,(H,15,17). The third-order valence-corrected chi connectivity index (χ3v) is 2.60. The third kappa shape index (κ3) is 5.04. The van der Waals surface area contributed by atoms with Crippen molar-refractivity contribution in [2.75, 3.05) is 13.1 Å². The Morgan fingerprint density at radius 1 is 1.41 bits per heavy atom. The predicted molar refractivity (Wildman–Crippen MR) is 69.7 cm³/mol. The summed E-state index contributed by atoms with van der Waals surface area (Å²) in [5, 5.41) is 6.08. The largest absolute Gasteiger partial charge is 0.356 e. The first-order chi connectivity index (χ1) is 8.27. The number of nitrogens with one attached hydrogen (secondary N) is 2. The zero-order valence-electron chi connectivity index (χ0n) is 10.8. The van der Waals surface area contributed by atoms with Gasteiger partial charge in [0.1, 0.15) is 0 Å². The molecule has 0 aliphatic heterocycles. The fraction of sp³-hybridized carbons (Fsp3) is 0.615. The van der Waals surface area contributed by atoms with E-state index in [4.69, 9.17) is 0 Å². The molecule has 0 spiro atoms. The van der Waals surface area contributed by atoms with Crippen molar-refractivity contribution in [2.45, 2.75) is 39.8 Å². The Morgan fingerprint density at radius 3 is 2.94 bits per heavy atom. The second-order valence-corrected chi connectivity index (χ2v) is 4.07. The summed E-state index contributed by atoms with van der Waals surface area (Å²) in [5.74, 6) is 0.115. The van der Waals surface area contributed by atoms with E-state index >= 15 is 0 Å². The molecule has 0 saturated carbocycles. The van der Waals surface area contributed by atoms with E-state index in [1.807, 2.05) is 6.92 Å². The van der Waals surface area contributed by atoms with Crippen molar-refractivity contribution in [3.8, 4) is 0 Å². The smallest absolute Gasteiger partial charge is 0.221 e. The van der Waals surface area contributed by atoms with Crippen molar-refractivity contribution in [1.29, 1.82) is 0 Å². The highest BCUT2D eigenvalue weighted by molar-refractivity contribution is 5.75. The van der Waals surface area contributed by atoms with Crippen LogP contribution in [0.15, 0.2) is 18.3 Å². The average Bonchev–Trinajstić information content (AvgIpc) is 2.73. The van der Waals surface area contributed by atoms with Gasteiger partial charge in [-0.15, -0.1) is 0 Å².